The van der Waals surface area contributed by atoms with Gasteiger partial charge >= 0.3 is 12.1 Å². The molecule has 0 radical (unpaired) electrons. The van der Waals surface area contributed by atoms with Crippen LogP contribution in [0.15, 0.2) is 28.9 Å². The van der Waals surface area contributed by atoms with Crippen molar-refractivity contribution in [2.45, 2.75) is 26.6 Å². The second-order valence-corrected chi connectivity index (χ2v) is 5.55. The molecule has 1 N–H and O–H groups in total. The summed E-state index contributed by atoms with van der Waals surface area (Å²) >= 11 is 0. The van der Waals surface area contributed by atoms with E-state index in [1.807, 2.05) is 20.0 Å². The van der Waals surface area contributed by atoms with Crippen molar-refractivity contribution in [3.63, 3.8) is 0 Å². The molecule has 2 heterocycles. The molecule has 0 atom stereocenters. The third kappa shape index (κ3) is 3.35. The van der Waals surface area contributed by atoms with E-state index in [0.717, 1.165) is 10.9 Å². The van der Waals surface area contributed by atoms with Gasteiger partial charge in [0.05, 0.1) is 0 Å². The number of hydrogen-bond acceptors (Lipinski definition) is 4. The van der Waals surface area contributed by atoms with E-state index in [4.69, 9.17) is 0 Å². The number of rotatable bonds is 4. The Morgan fingerprint density at radius 2 is 2.12 bits per heavy atom. The molecule has 0 bridgehead atoms. The van der Waals surface area contributed by atoms with Gasteiger partial charge in [0.15, 0.2) is 0 Å². The van der Waals surface area contributed by atoms with Gasteiger partial charge in [-0.05, 0) is 25.5 Å². The molecule has 6 nitrogen and oxygen atoms in total. The molecular weight excluding hydrogens is 337 g/mol. The van der Waals surface area contributed by atoms with E-state index in [1.165, 1.54) is 0 Å². The molecule has 0 spiro atoms. The Hall–Kier alpha value is -2.84. The number of carbonyl (C=O) groups excluding carboxylic acids is 1. The zero-order valence-electron chi connectivity index (χ0n) is 13.5. The maximum atomic E-state index is 12.6. The van der Waals surface area contributed by atoms with Crippen LogP contribution in [0, 0.1) is 6.92 Å². The molecule has 3 aromatic rings. The maximum Gasteiger partial charge on any atom is 0.471 e. The number of amides is 1. The Bertz CT molecular complexity index is 927. The monoisotopic (exact) mass is 352 g/mol. The summed E-state index contributed by atoms with van der Waals surface area (Å²) in [5, 5.41) is 7.00. The standard InChI is InChI=1S/C16H15F3N4O2/c1-3-20-13(24)8-23-7-9(2)11-5-4-10(6-12(11)23)14-21-15(25-22-14)16(17,18)19/h4-7H,3,8H2,1-2H3,(H,20,24). The minimum absolute atomic E-state index is 0.113. The first-order valence-electron chi connectivity index (χ1n) is 7.57. The highest BCUT2D eigenvalue weighted by molar-refractivity contribution is 5.88. The van der Waals surface area contributed by atoms with Crippen molar-refractivity contribution in [3.05, 3.63) is 35.9 Å². The SMILES string of the molecule is CCNC(=O)Cn1cc(C)c2ccc(-c3noc(C(F)(F)F)n3)cc21. The summed E-state index contributed by atoms with van der Waals surface area (Å²) in [6, 6.07) is 5.03. The van der Waals surface area contributed by atoms with E-state index in [1.54, 1.807) is 22.8 Å². The minimum atomic E-state index is -4.69. The lowest BCUT2D eigenvalue weighted by molar-refractivity contribution is -0.159. The van der Waals surface area contributed by atoms with E-state index >= 15 is 0 Å². The Balaban J connectivity index is 2.01. The fraction of sp³-hybridized carbons (Fsp3) is 0.312. The summed E-state index contributed by atoms with van der Waals surface area (Å²) in [4.78, 5) is 15.2. The number of alkyl halides is 3. The van der Waals surface area contributed by atoms with Gasteiger partial charge in [-0.3, -0.25) is 4.79 Å². The number of fused-ring (bicyclic) bond motifs is 1. The number of nitrogens with zero attached hydrogens (tertiary/aromatic N) is 3. The molecule has 25 heavy (non-hydrogen) atoms. The molecule has 0 fully saturated rings. The number of hydrogen-bond donors (Lipinski definition) is 1. The molecule has 1 aromatic carbocycles. The predicted molar refractivity (Wildman–Crippen MR) is 83.7 cm³/mol. The normalized spacial score (nSPS) is 11.9. The summed E-state index contributed by atoms with van der Waals surface area (Å²) < 4.78 is 43.8. The van der Waals surface area contributed by atoms with Crippen LogP contribution in [0.25, 0.3) is 22.3 Å². The zero-order chi connectivity index (χ0) is 18.2. The van der Waals surface area contributed by atoms with Crippen molar-refractivity contribution in [2.75, 3.05) is 6.54 Å². The Labute approximate surface area is 140 Å². The topological polar surface area (TPSA) is 73.0 Å². The molecule has 9 heteroatoms. The van der Waals surface area contributed by atoms with Crippen LogP contribution in [-0.4, -0.2) is 27.2 Å². The van der Waals surface area contributed by atoms with Crippen LogP contribution in [-0.2, 0) is 17.5 Å². The molecule has 0 unspecified atom stereocenters. The fourth-order valence-electron chi connectivity index (χ4n) is 2.61. The van der Waals surface area contributed by atoms with Crippen LogP contribution in [0.3, 0.4) is 0 Å². The lowest BCUT2D eigenvalue weighted by Gasteiger charge is -2.06. The number of aromatic nitrogens is 3. The lowest BCUT2D eigenvalue weighted by atomic mass is 10.1. The van der Waals surface area contributed by atoms with Gasteiger partial charge in [0.1, 0.15) is 6.54 Å². The molecule has 0 aliphatic rings. The number of likely N-dealkylation sites (N-methyl/N-ethyl adjacent to an activating group) is 1. The van der Waals surface area contributed by atoms with Crippen LogP contribution < -0.4 is 5.32 Å². The molecule has 0 saturated carbocycles. The van der Waals surface area contributed by atoms with Crippen LogP contribution in [0.4, 0.5) is 13.2 Å². The first-order chi connectivity index (χ1) is 11.8. The Morgan fingerprint density at radius 1 is 1.36 bits per heavy atom. The lowest BCUT2D eigenvalue weighted by Crippen LogP contribution is -2.26. The van der Waals surface area contributed by atoms with Gasteiger partial charge in [-0.1, -0.05) is 17.3 Å². The maximum absolute atomic E-state index is 12.6. The van der Waals surface area contributed by atoms with Crippen LogP contribution in [0.1, 0.15) is 18.4 Å². The highest BCUT2D eigenvalue weighted by atomic mass is 19.4. The van der Waals surface area contributed by atoms with E-state index < -0.39 is 12.1 Å². The van der Waals surface area contributed by atoms with Crippen LogP contribution in [0.2, 0.25) is 0 Å². The number of carbonyl (C=O) groups is 1. The number of halogens is 3. The quantitative estimate of drug-likeness (QED) is 0.783. The van der Waals surface area contributed by atoms with Crippen molar-refractivity contribution in [1.82, 2.24) is 20.0 Å². The van der Waals surface area contributed by atoms with Crippen LogP contribution >= 0.6 is 0 Å². The molecule has 2 aromatic heterocycles. The highest BCUT2D eigenvalue weighted by Crippen LogP contribution is 2.31. The number of benzene rings is 1. The average molecular weight is 352 g/mol. The summed E-state index contributed by atoms with van der Waals surface area (Å²) in [5.41, 5.74) is 2.04. The van der Waals surface area contributed by atoms with Gasteiger partial charge in [-0.25, -0.2) is 0 Å². The first-order valence-corrected chi connectivity index (χ1v) is 7.57. The third-order valence-corrected chi connectivity index (χ3v) is 3.70. The van der Waals surface area contributed by atoms with E-state index in [0.29, 0.717) is 17.6 Å². The van der Waals surface area contributed by atoms with Crippen molar-refractivity contribution in [3.8, 4) is 11.4 Å². The van der Waals surface area contributed by atoms with Gasteiger partial charge in [-0.15, -0.1) is 0 Å². The molecule has 0 aliphatic carbocycles. The predicted octanol–water partition coefficient (Wildman–Crippen LogP) is 3.15. The molecule has 3 rings (SSSR count). The van der Waals surface area contributed by atoms with Gasteiger partial charge in [-0.2, -0.15) is 18.2 Å². The summed E-state index contributed by atoms with van der Waals surface area (Å²) in [5.74, 6) is -1.70. The van der Waals surface area contributed by atoms with Gasteiger partial charge in [0.2, 0.25) is 11.7 Å². The highest BCUT2D eigenvalue weighted by Gasteiger charge is 2.38. The van der Waals surface area contributed by atoms with Crippen molar-refractivity contribution in [1.29, 1.82) is 0 Å². The molecular formula is C16H15F3N4O2. The first kappa shape index (κ1) is 17.0. The summed E-state index contributed by atoms with van der Waals surface area (Å²) in [6.45, 7) is 4.35. The van der Waals surface area contributed by atoms with Crippen molar-refractivity contribution in [2.24, 2.45) is 0 Å². The van der Waals surface area contributed by atoms with E-state index in [2.05, 4.69) is 20.0 Å². The Kier molecular flexibility index (Phi) is 4.23. The van der Waals surface area contributed by atoms with Gasteiger partial charge in [0.25, 0.3) is 0 Å². The largest absolute Gasteiger partial charge is 0.471 e. The average Bonchev–Trinajstić information content (AvgIpc) is 3.13. The number of nitrogens with one attached hydrogen (secondary N) is 1. The fourth-order valence-corrected chi connectivity index (χ4v) is 2.61. The van der Waals surface area contributed by atoms with Crippen LogP contribution in [0.5, 0.6) is 0 Å². The molecule has 0 saturated heterocycles. The second kappa shape index (κ2) is 6.23. The van der Waals surface area contributed by atoms with Gasteiger partial charge < -0.3 is 14.4 Å². The van der Waals surface area contributed by atoms with E-state index in [9.17, 15) is 18.0 Å². The molecule has 132 valence electrons. The molecule has 0 aliphatic heterocycles. The minimum Gasteiger partial charge on any atom is -0.355 e. The zero-order valence-corrected chi connectivity index (χ0v) is 13.5. The van der Waals surface area contributed by atoms with Crippen molar-refractivity contribution < 1.29 is 22.5 Å². The summed E-state index contributed by atoms with van der Waals surface area (Å²) in [6.07, 6.45) is -2.87. The smallest absolute Gasteiger partial charge is 0.355 e. The second-order valence-electron chi connectivity index (χ2n) is 5.55. The summed E-state index contributed by atoms with van der Waals surface area (Å²) in [7, 11) is 0. The van der Waals surface area contributed by atoms with Crippen molar-refractivity contribution >= 4 is 16.8 Å². The Morgan fingerprint density at radius 3 is 2.76 bits per heavy atom. The molecule has 1 amide bonds. The van der Waals surface area contributed by atoms with Gasteiger partial charge in [0, 0.05) is 29.2 Å². The number of aryl methyl sites for hydroxylation is 1. The van der Waals surface area contributed by atoms with E-state index in [-0.39, 0.29) is 18.3 Å². The third-order valence-electron chi connectivity index (χ3n) is 3.70.